The highest BCUT2D eigenvalue weighted by Gasteiger charge is 2.10. The van der Waals surface area contributed by atoms with Crippen molar-refractivity contribution in [3.63, 3.8) is 0 Å². The molecule has 0 heterocycles. The zero-order valence-electron chi connectivity index (χ0n) is 16.9. The summed E-state index contributed by atoms with van der Waals surface area (Å²) in [5.41, 5.74) is 3.64. The predicted octanol–water partition coefficient (Wildman–Crippen LogP) is 5.13. The third-order valence-electron chi connectivity index (χ3n) is 4.56. The monoisotopic (exact) mass is 398 g/mol. The lowest BCUT2D eigenvalue weighted by Gasteiger charge is -2.09. The van der Waals surface area contributed by atoms with Crippen molar-refractivity contribution in [3.8, 4) is 17.6 Å². The number of carbonyl (C=O) groups excluding carboxylic acids is 1. The van der Waals surface area contributed by atoms with E-state index >= 15 is 0 Å². The molecular weight excluding hydrogens is 376 g/mol. The molecule has 0 aliphatic rings. The van der Waals surface area contributed by atoms with Crippen molar-refractivity contribution >= 4 is 17.7 Å². The van der Waals surface area contributed by atoms with Crippen molar-refractivity contribution < 1.29 is 14.3 Å². The van der Waals surface area contributed by atoms with Crippen molar-refractivity contribution in [2.24, 2.45) is 0 Å². The molecular formula is C25H22N2O3. The molecule has 3 aromatic rings. The maximum absolute atomic E-state index is 12.4. The van der Waals surface area contributed by atoms with Crippen LogP contribution < -0.4 is 14.8 Å². The molecule has 150 valence electrons. The summed E-state index contributed by atoms with van der Waals surface area (Å²) >= 11 is 0. The Balaban J connectivity index is 1.64. The Labute approximate surface area is 176 Å². The van der Waals surface area contributed by atoms with Crippen molar-refractivity contribution in [2.75, 3.05) is 12.4 Å². The maximum atomic E-state index is 12.4. The number of hydrogen-bond acceptors (Lipinski definition) is 4. The molecule has 0 saturated carbocycles. The normalized spacial score (nSPS) is 10.8. The van der Waals surface area contributed by atoms with Crippen LogP contribution >= 0.6 is 0 Å². The summed E-state index contributed by atoms with van der Waals surface area (Å²) in [5.74, 6) is 0.938. The van der Waals surface area contributed by atoms with Gasteiger partial charge >= 0.3 is 0 Å². The molecule has 1 N–H and O–H groups in total. The van der Waals surface area contributed by atoms with Gasteiger partial charge in [-0.1, -0.05) is 36.4 Å². The van der Waals surface area contributed by atoms with Gasteiger partial charge in [0.25, 0.3) is 5.91 Å². The van der Waals surface area contributed by atoms with Crippen LogP contribution in [0.3, 0.4) is 0 Å². The van der Waals surface area contributed by atoms with Gasteiger partial charge in [-0.25, -0.2) is 0 Å². The summed E-state index contributed by atoms with van der Waals surface area (Å²) in [4.78, 5) is 12.4. The van der Waals surface area contributed by atoms with E-state index in [1.54, 1.807) is 37.5 Å². The number of nitrogens with zero attached hydrogens (tertiary/aromatic N) is 1. The van der Waals surface area contributed by atoms with Gasteiger partial charge in [0, 0.05) is 5.69 Å². The second kappa shape index (κ2) is 9.94. The summed E-state index contributed by atoms with van der Waals surface area (Å²) in [7, 11) is 1.57. The van der Waals surface area contributed by atoms with E-state index in [1.807, 2.05) is 61.5 Å². The number of ether oxygens (including phenoxy) is 2. The van der Waals surface area contributed by atoms with E-state index in [0.717, 1.165) is 16.9 Å². The summed E-state index contributed by atoms with van der Waals surface area (Å²) in [6, 6.07) is 24.2. The van der Waals surface area contributed by atoms with E-state index in [1.165, 1.54) is 5.56 Å². The van der Waals surface area contributed by atoms with Gasteiger partial charge in [0.1, 0.15) is 29.7 Å². The predicted molar refractivity (Wildman–Crippen MR) is 117 cm³/mol. The molecule has 0 aliphatic carbocycles. The summed E-state index contributed by atoms with van der Waals surface area (Å²) < 4.78 is 10.9. The number of hydrogen-bond donors (Lipinski definition) is 1. The van der Waals surface area contributed by atoms with Crippen LogP contribution in [-0.4, -0.2) is 13.0 Å². The molecule has 5 nitrogen and oxygen atoms in total. The van der Waals surface area contributed by atoms with Gasteiger partial charge in [-0.15, -0.1) is 0 Å². The van der Waals surface area contributed by atoms with Gasteiger partial charge in [0.05, 0.1) is 7.11 Å². The topological polar surface area (TPSA) is 71.3 Å². The molecule has 0 atom stereocenters. The van der Waals surface area contributed by atoms with Crippen molar-refractivity contribution in [1.29, 1.82) is 5.26 Å². The quantitative estimate of drug-likeness (QED) is 0.442. The number of methoxy groups -OCH3 is 1. The van der Waals surface area contributed by atoms with Crippen LogP contribution in [-0.2, 0) is 11.4 Å². The van der Waals surface area contributed by atoms with Gasteiger partial charge in [-0.05, 0) is 66.1 Å². The fraction of sp³-hybridized carbons (Fsp3) is 0.120. The van der Waals surface area contributed by atoms with Crippen molar-refractivity contribution in [2.45, 2.75) is 13.5 Å². The van der Waals surface area contributed by atoms with E-state index in [9.17, 15) is 10.1 Å². The zero-order chi connectivity index (χ0) is 21.3. The fourth-order valence-electron chi connectivity index (χ4n) is 2.78. The number of nitriles is 1. The molecule has 0 fully saturated rings. The number of anilines is 1. The molecule has 0 unspecified atom stereocenters. The molecule has 0 saturated heterocycles. The summed E-state index contributed by atoms with van der Waals surface area (Å²) in [6.07, 6.45) is 1.55. The first-order valence-electron chi connectivity index (χ1n) is 9.43. The van der Waals surface area contributed by atoms with Gasteiger partial charge in [-0.2, -0.15) is 5.26 Å². The molecule has 0 aromatic heterocycles. The SMILES string of the molecule is COc1ccc(NC(=O)/C(C#N)=C/c2ccc(OCc3ccccc3C)cc2)cc1. The van der Waals surface area contributed by atoms with Crippen molar-refractivity contribution in [3.05, 3.63) is 95.1 Å². The molecule has 0 bridgehead atoms. The first kappa shape index (κ1) is 20.7. The Morgan fingerprint density at radius 3 is 2.30 bits per heavy atom. The minimum atomic E-state index is -0.470. The number of carbonyl (C=O) groups is 1. The lowest BCUT2D eigenvalue weighted by molar-refractivity contribution is -0.112. The molecule has 0 aliphatic heterocycles. The molecule has 3 aromatic carbocycles. The van der Waals surface area contributed by atoms with Gasteiger partial charge in [0.15, 0.2) is 0 Å². The third-order valence-corrected chi connectivity index (χ3v) is 4.56. The Morgan fingerprint density at radius 2 is 1.67 bits per heavy atom. The first-order chi connectivity index (χ1) is 14.6. The van der Waals surface area contributed by atoms with Crippen LogP contribution in [0.25, 0.3) is 6.08 Å². The lowest BCUT2D eigenvalue weighted by Crippen LogP contribution is -2.13. The fourth-order valence-corrected chi connectivity index (χ4v) is 2.78. The van der Waals surface area contributed by atoms with Crippen LogP contribution in [0.4, 0.5) is 5.69 Å². The summed E-state index contributed by atoms with van der Waals surface area (Å²) in [6.45, 7) is 2.53. The Bertz CT molecular complexity index is 1080. The van der Waals surface area contributed by atoms with E-state index in [0.29, 0.717) is 18.0 Å². The zero-order valence-corrected chi connectivity index (χ0v) is 16.9. The number of aryl methyl sites for hydroxylation is 1. The minimum Gasteiger partial charge on any atom is -0.497 e. The second-order valence-electron chi connectivity index (χ2n) is 6.64. The van der Waals surface area contributed by atoms with Crippen molar-refractivity contribution in [1.82, 2.24) is 0 Å². The molecule has 5 heteroatoms. The van der Waals surface area contributed by atoms with Crippen LogP contribution in [0.5, 0.6) is 11.5 Å². The Kier molecular flexibility index (Phi) is 6.86. The van der Waals surface area contributed by atoms with Crippen LogP contribution in [0.1, 0.15) is 16.7 Å². The Hall–Kier alpha value is -4.04. The van der Waals surface area contributed by atoms with E-state index in [2.05, 4.69) is 5.32 Å². The average molecular weight is 398 g/mol. The molecule has 0 radical (unpaired) electrons. The first-order valence-corrected chi connectivity index (χ1v) is 9.43. The molecule has 30 heavy (non-hydrogen) atoms. The van der Waals surface area contributed by atoms with Crippen LogP contribution in [0, 0.1) is 18.3 Å². The van der Waals surface area contributed by atoms with Gasteiger partial charge in [-0.3, -0.25) is 4.79 Å². The maximum Gasteiger partial charge on any atom is 0.266 e. The van der Waals surface area contributed by atoms with E-state index in [4.69, 9.17) is 9.47 Å². The largest absolute Gasteiger partial charge is 0.497 e. The van der Waals surface area contributed by atoms with Crippen LogP contribution in [0.15, 0.2) is 78.4 Å². The molecule has 0 spiro atoms. The second-order valence-corrected chi connectivity index (χ2v) is 6.64. The Morgan fingerprint density at radius 1 is 1.00 bits per heavy atom. The van der Waals surface area contributed by atoms with E-state index in [-0.39, 0.29) is 5.57 Å². The summed E-state index contributed by atoms with van der Waals surface area (Å²) in [5, 5.41) is 12.1. The number of nitrogens with one attached hydrogen (secondary N) is 1. The third kappa shape index (κ3) is 5.49. The van der Waals surface area contributed by atoms with Gasteiger partial charge in [0.2, 0.25) is 0 Å². The average Bonchev–Trinajstić information content (AvgIpc) is 2.78. The molecule has 3 rings (SSSR count). The minimum absolute atomic E-state index is 0.0133. The number of rotatable bonds is 7. The van der Waals surface area contributed by atoms with Gasteiger partial charge < -0.3 is 14.8 Å². The molecule has 1 amide bonds. The smallest absolute Gasteiger partial charge is 0.266 e. The lowest BCUT2D eigenvalue weighted by atomic mass is 10.1. The highest BCUT2D eigenvalue weighted by Crippen LogP contribution is 2.19. The highest BCUT2D eigenvalue weighted by atomic mass is 16.5. The van der Waals surface area contributed by atoms with E-state index < -0.39 is 5.91 Å². The highest BCUT2D eigenvalue weighted by molar-refractivity contribution is 6.09. The standard InChI is InChI=1S/C25H22N2O3/c1-18-5-3-4-6-20(18)17-30-24-11-7-19(8-12-24)15-21(16-26)25(28)27-22-9-13-23(29-2)14-10-22/h3-15H,17H2,1-2H3,(H,27,28)/b21-15+. The van der Waals surface area contributed by atoms with Crippen LogP contribution in [0.2, 0.25) is 0 Å². The number of amides is 1. The number of benzene rings is 3.